The zero-order chi connectivity index (χ0) is 20.3. The largest absolute Gasteiger partial charge is 0.354 e. The van der Waals surface area contributed by atoms with E-state index >= 15 is 0 Å². The van der Waals surface area contributed by atoms with E-state index in [1.807, 2.05) is 35.0 Å². The van der Waals surface area contributed by atoms with Gasteiger partial charge >= 0.3 is 0 Å². The average molecular weight is 404 g/mol. The quantitative estimate of drug-likeness (QED) is 0.674. The van der Waals surface area contributed by atoms with Crippen molar-refractivity contribution in [2.24, 2.45) is 0 Å². The first-order valence-corrected chi connectivity index (χ1v) is 10.3. The van der Waals surface area contributed by atoms with Crippen LogP contribution in [0.5, 0.6) is 0 Å². The highest BCUT2D eigenvalue weighted by atomic mass is 16.1. The molecule has 0 radical (unpaired) electrons. The summed E-state index contributed by atoms with van der Waals surface area (Å²) in [6.45, 7) is 6.04. The Morgan fingerprint density at radius 3 is 2.60 bits per heavy atom. The third kappa shape index (κ3) is 3.76. The molecule has 30 heavy (non-hydrogen) atoms. The van der Waals surface area contributed by atoms with Crippen molar-refractivity contribution in [2.75, 3.05) is 44.2 Å². The van der Waals surface area contributed by atoms with Gasteiger partial charge in [-0.15, -0.1) is 0 Å². The van der Waals surface area contributed by atoms with Crippen molar-refractivity contribution in [2.45, 2.75) is 13.0 Å². The van der Waals surface area contributed by atoms with E-state index in [1.165, 1.54) is 0 Å². The highest BCUT2D eigenvalue weighted by Crippen LogP contribution is 2.28. The van der Waals surface area contributed by atoms with Gasteiger partial charge in [0.1, 0.15) is 24.2 Å². The maximum atomic E-state index is 12.5. The van der Waals surface area contributed by atoms with Gasteiger partial charge < -0.3 is 10.2 Å². The zero-order valence-corrected chi connectivity index (χ0v) is 16.7. The summed E-state index contributed by atoms with van der Waals surface area (Å²) in [5.41, 5.74) is 2.40. The Kier molecular flexibility index (Phi) is 5.10. The van der Waals surface area contributed by atoms with Gasteiger partial charge in [0.25, 0.3) is 5.91 Å². The second kappa shape index (κ2) is 8.19. The Balaban J connectivity index is 1.37. The molecule has 3 aromatic rings. The summed E-state index contributed by atoms with van der Waals surface area (Å²) in [6.07, 6.45) is 4.08. The van der Waals surface area contributed by atoms with Gasteiger partial charge in [-0.05, 0) is 6.42 Å². The number of anilines is 1. The maximum absolute atomic E-state index is 12.5. The number of fused-ring (bicyclic) bond motifs is 1. The number of hydrogen-bond acceptors (Lipinski definition) is 7. The van der Waals surface area contributed by atoms with E-state index in [-0.39, 0.29) is 5.91 Å². The lowest BCUT2D eigenvalue weighted by Gasteiger charge is -2.37. The smallest absolute Gasteiger partial charge is 0.270 e. The number of aromatic nitrogens is 5. The SMILES string of the molecule is O=C1NCCc2c1nc(-c1ccccc1)nc2N1CCN(CCn2cncn2)CC1. The number of carbonyl (C=O) groups is 1. The van der Waals surface area contributed by atoms with Crippen LogP contribution in [0, 0.1) is 0 Å². The Bertz CT molecular complexity index is 1010. The van der Waals surface area contributed by atoms with Crippen LogP contribution in [0.25, 0.3) is 11.4 Å². The minimum atomic E-state index is -0.108. The Morgan fingerprint density at radius 1 is 1.00 bits per heavy atom. The van der Waals surface area contributed by atoms with Crippen molar-refractivity contribution in [3.8, 4) is 11.4 Å². The van der Waals surface area contributed by atoms with Gasteiger partial charge in [0, 0.05) is 50.4 Å². The molecule has 0 unspecified atom stereocenters. The molecule has 2 aliphatic rings. The van der Waals surface area contributed by atoms with Gasteiger partial charge in [0.05, 0.1) is 6.54 Å². The van der Waals surface area contributed by atoms with E-state index in [2.05, 4.69) is 30.2 Å². The highest BCUT2D eigenvalue weighted by molar-refractivity contribution is 5.96. The third-order valence-electron chi connectivity index (χ3n) is 5.68. The van der Waals surface area contributed by atoms with Gasteiger partial charge in [0.2, 0.25) is 0 Å². The van der Waals surface area contributed by atoms with E-state index in [0.717, 1.165) is 62.6 Å². The van der Waals surface area contributed by atoms with Crippen LogP contribution in [0.4, 0.5) is 5.82 Å². The van der Waals surface area contributed by atoms with Gasteiger partial charge in [0.15, 0.2) is 5.82 Å². The number of rotatable bonds is 5. The number of nitrogens with zero attached hydrogens (tertiary/aromatic N) is 7. The van der Waals surface area contributed by atoms with Crippen LogP contribution in [0.2, 0.25) is 0 Å². The van der Waals surface area contributed by atoms with Crippen molar-refractivity contribution >= 4 is 11.7 Å². The lowest BCUT2D eigenvalue weighted by Crippen LogP contribution is -2.48. The number of amides is 1. The molecule has 9 nitrogen and oxygen atoms in total. The number of nitrogens with one attached hydrogen (secondary N) is 1. The first kappa shape index (κ1) is 18.7. The molecular weight excluding hydrogens is 380 g/mol. The van der Waals surface area contributed by atoms with E-state index in [0.29, 0.717) is 18.1 Å². The molecule has 9 heteroatoms. The van der Waals surface area contributed by atoms with Gasteiger partial charge in [-0.3, -0.25) is 14.4 Å². The molecule has 1 saturated heterocycles. The van der Waals surface area contributed by atoms with E-state index in [1.54, 1.807) is 12.7 Å². The monoisotopic (exact) mass is 404 g/mol. The lowest BCUT2D eigenvalue weighted by molar-refractivity contribution is 0.0940. The molecule has 1 amide bonds. The fourth-order valence-electron chi connectivity index (χ4n) is 4.03. The first-order valence-electron chi connectivity index (χ1n) is 10.3. The molecule has 0 aliphatic carbocycles. The Hall–Kier alpha value is -3.33. The van der Waals surface area contributed by atoms with Gasteiger partial charge in [-0.25, -0.2) is 15.0 Å². The molecule has 2 aromatic heterocycles. The summed E-state index contributed by atoms with van der Waals surface area (Å²) in [6, 6.07) is 9.86. The van der Waals surface area contributed by atoms with Crippen LogP contribution in [-0.4, -0.2) is 74.8 Å². The minimum Gasteiger partial charge on any atom is -0.354 e. The van der Waals surface area contributed by atoms with Gasteiger partial charge in [-0.2, -0.15) is 5.10 Å². The molecule has 0 saturated carbocycles. The summed E-state index contributed by atoms with van der Waals surface area (Å²) in [4.78, 5) is 30.8. The fourth-order valence-corrected chi connectivity index (χ4v) is 4.03. The molecule has 1 aromatic carbocycles. The number of carbonyl (C=O) groups excluding carboxylic acids is 1. The number of benzene rings is 1. The van der Waals surface area contributed by atoms with E-state index in [4.69, 9.17) is 4.98 Å². The zero-order valence-electron chi connectivity index (χ0n) is 16.7. The highest BCUT2D eigenvalue weighted by Gasteiger charge is 2.28. The molecule has 0 atom stereocenters. The predicted molar refractivity (Wildman–Crippen MR) is 112 cm³/mol. The molecule has 1 N–H and O–H groups in total. The summed E-state index contributed by atoms with van der Waals surface area (Å²) in [5.74, 6) is 1.41. The van der Waals surface area contributed by atoms with Crippen molar-refractivity contribution in [3.05, 3.63) is 54.2 Å². The third-order valence-corrected chi connectivity index (χ3v) is 5.68. The van der Waals surface area contributed by atoms with Crippen LogP contribution in [-0.2, 0) is 13.0 Å². The number of piperazine rings is 1. The maximum Gasteiger partial charge on any atom is 0.270 e. The molecule has 5 rings (SSSR count). The van der Waals surface area contributed by atoms with E-state index in [9.17, 15) is 4.79 Å². The summed E-state index contributed by atoms with van der Waals surface area (Å²) < 4.78 is 1.86. The standard InChI is InChI=1S/C21H24N8O/c30-21-18-17(6-7-23-21)20(26-19(25-18)16-4-2-1-3-5-16)28-11-8-27(9-12-28)10-13-29-15-22-14-24-29/h1-5,14-15H,6-13H2,(H,23,30). The molecular formula is C21H24N8O. The molecule has 2 aliphatic heterocycles. The van der Waals surface area contributed by atoms with Gasteiger partial charge in [-0.1, -0.05) is 30.3 Å². The van der Waals surface area contributed by atoms with Crippen molar-refractivity contribution in [3.63, 3.8) is 0 Å². The van der Waals surface area contributed by atoms with Crippen LogP contribution < -0.4 is 10.2 Å². The van der Waals surface area contributed by atoms with Crippen LogP contribution in [0.1, 0.15) is 16.1 Å². The molecule has 0 bridgehead atoms. The average Bonchev–Trinajstić information content (AvgIpc) is 3.32. The molecule has 154 valence electrons. The van der Waals surface area contributed by atoms with Crippen LogP contribution >= 0.6 is 0 Å². The number of hydrogen-bond donors (Lipinski definition) is 1. The second-order valence-electron chi connectivity index (χ2n) is 7.56. The Morgan fingerprint density at radius 2 is 1.83 bits per heavy atom. The van der Waals surface area contributed by atoms with Crippen molar-refractivity contribution in [1.29, 1.82) is 0 Å². The second-order valence-corrected chi connectivity index (χ2v) is 7.56. The van der Waals surface area contributed by atoms with Crippen molar-refractivity contribution in [1.82, 2.24) is 34.9 Å². The Labute approximate surface area is 174 Å². The summed E-state index contributed by atoms with van der Waals surface area (Å²) in [7, 11) is 0. The molecule has 1 fully saturated rings. The fraction of sp³-hybridized carbons (Fsp3) is 0.381. The van der Waals surface area contributed by atoms with Crippen LogP contribution in [0.15, 0.2) is 43.0 Å². The molecule has 0 spiro atoms. The van der Waals surface area contributed by atoms with Crippen molar-refractivity contribution < 1.29 is 4.79 Å². The normalized spacial score (nSPS) is 16.9. The van der Waals surface area contributed by atoms with E-state index < -0.39 is 0 Å². The lowest BCUT2D eigenvalue weighted by atomic mass is 10.0. The minimum absolute atomic E-state index is 0.108. The predicted octanol–water partition coefficient (Wildman–Crippen LogP) is 0.843. The van der Waals surface area contributed by atoms with Crippen LogP contribution in [0.3, 0.4) is 0 Å². The topological polar surface area (TPSA) is 92.1 Å². The summed E-state index contributed by atoms with van der Waals surface area (Å²) >= 11 is 0. The summed E-state index contributed by atoms with van der Waals surface area (Å²) in [5, 5.41) is 7.09. The first-order chi connectivity index (χ1) is 14.8. The molecule has 4 heterocycles.